The predicted octanol–water partition coefficient (Wildman–Crippen LogP) is 3.32. The number of hydrogen-bond acceptors (Lipinski definition) is 4. The lowest BCUT2D eigenvalue weighted by atomic mass is 9.91. The van der Waals surface area contributed by atoms with Gasteiger partial charge in [-0.15, -0.1) is 0 Å². The van der Waals surface area contributed by atoms with Crippen LogP contribution in [0.3, 0.4) is 0 Å². The number of nitrogens with one attached hydrogen (secondary N) is 1. The second-order valence-electron chi connectivity index (χ2n) is 8.23. The first kappa shape index (κ1) is 22.9. The molecule has 1 fully saturated rings. The molecule has 2 rings (SSSR count). The van der Waals surface area contributed by atoms with Crippen LogP contribution >= 0.6 is 0 Å². The van der Waals surface area contributed by atoms with Gasteiger partial charge in [-0.05, 0) is 77.7 Å². The van der Waals surface area contributed by atoms with Crippen LogP contribution in [0.2, 0.25) is 0 Å². The number of carbonyl (C=O) groups is 1. The van der Waals surface area contributed by atoms with Crippen LogP contribution in [0.5, 0.6) is 0 Å². The lowest BCUT2D eigenvalue weighted by Crippen LogP contribution is -2.48. The van der Waals surface area contributed by atoms with Gasteiger partial charge >= 0.3 is 0 Å². The van der Waals surface area contributed by atoms with Gasteiger partial charge in [0.05, 0.1) is 18.7 Å². The van der Waals surface area contributed by atoms with Crippen molar-refractivity contribution in [1.82, 2.24) is 15.1 Å². The molecule has 1 aliphatic heterocycles. The molecule has 1 aromatic carbocycles. The monoisotopic (exact) mass is 389 g/mol. The molecule has 0 unspecified atom stereocenters. The summed E-state index contributed by atoms with van der Waals surface area (Å²) in [5.74, 6) is 0.931. The largest absolute Gasteiger partial charge is 0.383 e. The van der Waals surface area contributed by atoms with Gasteiger partial charge in [0.25, 0.3) is 0 Å². The van der Waals surface area contributed by atoms with Crippen molar-refractivity contribution in [3.63, 3.8) is 0 Å². The van der Waals surface area contributed by atoms with Crippen molar-refractivity contribution in [1.29, 1.82) is 0 Å². The molecule has 1 heterocycles. The number of amides is 1. The summed E-state index contributed by atoms with van der Waals surface area (Å²) in [5.41, 5.74) is 1.15. The van der Waals surface area contributed by atoms with Gasteiger partial charge in [-0.1, -0.05) is 30.3 Å². The molecule has 2 atom stereocenters. The molecule has 0 aliphatic carbocycles. The van der Waals surface area contributed by atoms with E-state index < -0.39 is 0 Å². The summed E-state index contributed by atoms with van der Waals surface area (Å²) in [5, 5.41) is 3.17. The van der Waals surface area contributed by atoms with Gasteiger partial charge in [0.2, 0.25) is 5.91 Å². The van der Waals surface area contributed by atoms with Gasteiger partial charge in [-0.3, -0.25) is 9.69 Å². The van der Waals surface area contributed by atoms with Crippen LogP contribution in [0.15, 0.2) is 30.3 Å². The fourth-order valence-corrected chi connectivity index (χ4v) is 3.96. The van der Waals surface area contributed by atoms with Crippen molar-refractivity contribution in [3.05, 3.63) is 35.9 Å². The molecule has 0 radical (unpaired) electrons. The molecule has 0 bridgehead atoms. The third kappa shape index (κ3) is 7.53. The molecule has 5 heteroatoms. The zero-order chi connectivity index (χ0) is 20.4. The van der Waals surface area contributed by atoms with Gasteiger partial charge < -0.3 is 15.0 Å². The maximum atomic E-state index is 12.7. The van der Waals surface area contributed by atoms with Gasteiger partial charge in [-0.2, -0.15) is 0 Å². The molecule has 1 aromatic rings. The Kier molecular flexibility index (Phi) is 9.96. The second-order valence-corrected chi connectivity index (χ2v) is 8.23. The molecule has 1 aliphatic rings. The summed E-state index contributed by atoms with van der Waals surface area (Å²) in [7, 11) is 3.92. The fourth-order valence-electron chi connectivity index (χ4n) is 3.96. The average molecular weight is 390 g/mol. The Morgan fingerprint density at radius 1 is 1.21 bits per heavy atom. The topological polar surface area (TPSA) is 44.8 Å². The number of likely N-dealkylation sites (N-methyl/N-ethyl adjacent to an activating group) is 1. The summed E-state index contributed by atoms with van der Waals surface area (Å²) in [6.45, 7) is 9.09. The number of nitrogens with zero attached hydrogens (tertiary/aromatic N) is 2. The van der Waals surface area contributed by atoms with Crippen LogP contribution in [0, 0.1) is 5.92 Å². The van der Waals surface area contributed by atoms with Crippen LogP contribution < -0.4 is 5.32 Å². The second kappa shape index (κ2) is 12.2. The van der Waals surface area contributed by atoms with Gasteiger partial charge in [0.1, 0.15) is 0 Å². The third-order valence-electron chi connectivity index (χ3n) is 6.06. The van der Waals surface area contributed by atoms with Crippen molar-refractivity contribution in [2.24, 2.45) is 5.92 Å². The SMILES string of the molecule is COCCN(C)CCCC1CCN([C@@H](C)C(=O)N[C@H](C)c2ccccc2)CC1. The van der Waals surface area contributed by atoms with E-state index >= 15 is 0 Å². The summed E-state index contributed by atoms with van der Waals surface area (Å²) in [4.78, 5) is 17.4. The Bertz CT molecular complexity index is 558. The number of likely N-dealkylation sites (tertiary alicyclic amines) is 1. The minimum absolute atomic E-state index is 0.0452. The molecule has 0 spiro atoms. The molecule has 0 saturated carbocycles. The Hall–Kier alpha value is -1.43. The molecule has 0 aromatic heterocycles. The lowest BCUT2D eigenvalue weighted by molar-refractivity contribution is -0.127. The van der Waals surface area contributed by atoms with E-state index in [1.54, 1.807) is 7.11 Å². The third-order valence-corrected chi connectivity index (χ3v) is 6.06. The number of piperidine rings is 1. The van der Waals surface area contributed by atoms with E-state index in [9.17, 15) is 4.79 Å². The first-order valence-electron chi connectivity index (χ1n) is 10.8. The molecule has 1 saturated heterocycles. The van der Waals surface area contributed by atoms with Crippen LogP contribution in [-0.2, 0) is 9.53 Å². The molecular formula is C23H39N3O2. The number of carbonyl (C=O) groups excluding carboxylic acids is 1. The minimum atomic E-state index is -0.0627. The molecule has 28 heavy (non-hydrogen) atoms. The summed E-state index contributed by atoms with van der Waals surface area (Å²) < 4.78 is 5.13. The molecular weight excluding hydrogens is 350 g/mol. The Labute approximate surface area is 171 Å². The predicted molar refractivity (Wildman–Crippen MR) is 115 cm³/mol. The van der Waals surface area contributed by atoms with Crippen LogP contribution in [0.4, 0.5) is 0 Å². The zero-order valence-corrected chi connectivity index (χ0v) is 18.2. The average Bonchev–Trinajstić information content (AvgIpc) is 2.72. The Morgan fingerprint density at radius 3 is 2.54 bits per heavy atom. The molecule has 1 N–H and O–H groups in total. The fraction of sp³-hybridized carbons (Fsp3) is 0.696. The summed E-state index contributed by atoms with van der Waals surface area (Å²) >= 11 is 0. The molecule has 158 valence electrons. The number of methoxy groups -OCH3 is 1. The smallest absolute Gasteiger partial charge is 0.237 e. The van der Waals surface area contributed by atoms with Crippen molar-refractivity contribution < 1.29 is 9.53 Å². The van der Waals surface area contributed by atoms with Crippen molar-refractivity contribution in [2.75, 3.05) is 46.9 Å². The Balaban J connectivity index is 1.67. The Morgan fingerprint density at radius 2 is 1.89 bits per heavy atom. The minimum Gasteiger partial charge on any atom is -0.383 e. The van der Waals surface area contributed by atoms with Crippen molar-refractivity contribution in [2.45, 2.75) is 51.6 Å². The van der Waals surface area contributed by atoms with Crippen molar-refractivity contribution in [3.8, 4) is 0 Å². The van der Waals surface area contributed by atoms with Crippen LogP contribution in [0.1, 0.15) is 51.1 Å². The lowest BCUT2D eigenvalue weighted by Gasteiger charge is -2.36. The maximum absolute atomic E-state index is 12.7. The van der Waals surface area contributed by atoms with Crippen LogP contribution in [0.25, 0.3) is 0 Å². The molecule has 5 nitrogen and oxygen atoms in total. The standard InChI is InChI=1S/C23H39N3O2/c1-19(22-10-6-5-7-11-22)24-23(27)20(2)26-15-12-21(13-16-26)9-8-14-25(3)17-18-28-4/h5-7,10-11,19-21H,8-9,12-18H2,1-4H3,(H,24,27)/t19-,20+/m1/s1. The normalized spacial score (nSPS) is 18.2. The highest BCUT2D eigenvalue weighted by Crippen LogP contribution is 2.23. The number of hydrogen-bond donors (Lipinski definition) is 1. The summed E-state index contributed by atoms with van der Waals surface area (Å²) in [6, 6.07) is 10.1. The van der Waals surface area contributed by atoms with Gasteiger partial charge in [0.15, 0.2) is 0 Å². The summed E-state index contributed by atoms with van der Waals surface area (Å²) in [6.07, 6.45) is 4.94. The first-order valence-corrected chi connectivity index (χ1v) is 10.8. The van der Waals surface area contributed by atoms with E-state index in [1.807, 2.05) is 25.1 Å². The maximum Gasteiger partial charge on any atom is 0.237 e. The zero-order valence-electron chi connectivity index (χ0n) is 18.2. The highest BCUT2D eigenvalue weighted by atomic mass is 16.5. The number of benzene rings is 1. The van der Waals surface area contributed by atoms with E-state index in [2.05, 4.69) is 41.2 Å². The highest BCUT2D eigenvalue weighted by molar-refractivity contribution is 5.81. The van der Waals surface area contributed by atoms with Gasteiger partial charge in [-0.25, -0.2) is 0 Å². The van der Waals surface area contributed by atoms with E-state index in [1.165, 1.54) is 25.7 Å². The van der Waals surface area contributed by atoms with E-state index in [0.29, 0.717) is 0 Å². The van der Waals surface area contributed by atoms with E-state index in [-0.39, 0.29) is 18.0 Å². The first-order chi connectivity index (χ1) is 13.5. The highest BCUT2D eigenvalue weighted by Gasteiger charge is 2.27. The van der Waals surface area contributed by atoms with E-state index in [4.69, 9.17) is 4.74 Å². The number of ether oxygens (including phenoxy) is 1. The quantitative estimate of drug-likeness (QED) is 0.631. The van der Waals surface area contributed by atoms with Crippen LogP contribution in [-0.4, -0.2) is 68.7 Å². The molecule has 1 amide bonds. The number of rotatable bonds is 11. The van der Waals surface area contributed by atoms with E-state index in [0.717, 1.165) is 44.3 Å². The van der Waals surface area contributed by atoms with Crippen molar-refractivity contribution >= 4 is 5.91 Å². The van der Waals surface area contributed by atoms with Gasteiger partial charge in [0, 0.05) is 13.7 Å².